The number of ether oxygens (including phenoxy) is 1. The van der Waals surface area contributed by atoms with Crippen LogP contribution in [0.3, 0.4) is 0 Å². The fourth-order valence-electron chi connectivity index (χ4n) is 2.92. The van der Waals surface area contributed by atoms with Crippen molar-refractivity contribution in [3.8, 4) is 18.1 Å². The van der Waals surface area contributed by atoms with Gasteiger partial charge in [-0.05, 0) is 49.8 Å². The predicted molar refractivity (Wildman–Crippen MR) is 95.4 cm³/mol. The summed E-state index contributed by atoms with van der Waals surface area (Å²) in [5, 5.41) is 0. The van der Waals surface area contributed by atoms with Gasteiger partial charge >= 0.3 is 0 Å². The van der Waals surface area contributed by atoms with Crippen LogP contribution in [0, 0.1) is 12.3 Å². The largest absolute Gasteiger partial charge is 0.488 e. The van der Waals surface area contributed by atoms with E-state index >= 15 is 0 Å². The van der Waals surface area contributed by atoms with Crippen LogP contribution < -0.4 is 4.74 Å². The zero-order valence-corrected chi connectivity index (χ0v) is 15.1. The topological polar surface area (TPSA) is 52.6 Å². The van der Waals surface area contributed by atoms with E-state index in [1.807, 2.05) is 12.1 Å². The van der Waals surface area contributed by atoms with Crippen molar-refractivity contribution in [3.05, 3.63) is 29.8 Å². The van der Waals surface area contributed by atoms with Crippen molar-refractivity contribution in [2.75, 3.05) is 5.75 Å². The number of hydrogen-bond acceptors (Lipinski definition) is 4. The van der Waals surface area contributed by atoms with Gasteiger partial charge in [0.25, 0.3) is 10.1 Å². The van der Waals surface area contributed by atoms with E-state index in [1.54, 1.807) is 0 Å². The highest BCUT2D eigenvalue weighted by Gasteiger charge is 2.31. The molecule has 2 rings (SSSR count). The van der Waals surface area contributed by atoms with E-state index in [1.165, 1.54) is 18.4 Å². The van der Waals surface area contributed by atoms with Gasteiger partial charge in [-0.15, -0.1) is 6.42 Å². The first-order valence-electron chi connectivity index (χ1n) is 8.64. The number of unbranched alkanes of at least 4 members (excludes halogenated alkanes) is 1. The summed E-state index contributed by atoms with van der Waals surface area (Å²) in [4.78, 5) is 0. The SMILES string of the molecule is C#CCS(=O)(=O)OC1CCCCC1Oc1ccc(CCCC)cc1. The molecule has 1 saturated carbocycles. The zero-order chi connectivity index (χ0) is 17.4. The van der Waals surface area contributed by atoms with Crippen LogP contribution in [0.2, 0.25) is 0 Å². The van der Waals surface area contributed by atoms with Gasteiger partial charge in [-0.25, -0.2) is 0 Å². The highest BCUT2D eigenvalue weighted by atomic mass is 32.2. The van der Waals surface area contributed by atoms with E-state index in [2.05, 4.69) is 25.0 Å². The number of hydrogen-bond donors (Lipinski definition) is 0. The summed E-state index contributed by atoms with van der Waals surface area (Å²) in [6.45, 7) is 2.18. The highest BCUT2D eigenvalue weighted by Crippen LogP contribution is 2.27. The number of rotatable bonds is 8. The van der Waals surface area contributed by atoms with Gasteiger partial charge in [0.1, 0.15) is 23.7 Å². The first-order chi connectivity index (χ1) is 11.5. The van der Waals surface area contributed by atoms with Crippen molar-refractivity contribution in [1.82, 2.24) is 0 Å². The molecule has 1 aliphatic rings. The van der Waals surface area contributed by atoms with E-state index in [0.717, 1.165) is 31.4 Å². The van der Waals surface area contributed by atoms with Crippen molar-refractivity contribution in [3.63, 3.8) is 0 Å². The van der Waals surface area contributed by atoms with Crippen LogP contribution in [0.25, 0.3) is 0 Å². The molecule has 0 spiro atoms. The minimum Gasteiger partial charge on any atom is -0.488 e. The van der Waals surface area contributed by atoms with Gasteiger partial charge in [-0.1, -0.05) is 37.8 Å². The van der Waals surface area contributed by atoms with E-state index in [-0.39, 0.29) is 6.10 Å². The van der Waals surface area contributed by atoms with Crippen LogP contribution in [-0.2, 0) is 20.7 Å². The van der Waals surface area contributed by atoms with Crippen LogP contribution in [0.5, 0.6) is 5.75 Å². The summed E-state index contributed by atoms with van der Waals surface area (Å²) in [7, 11) is -3.69. The minimum atomic E-state index is -3.69. The van der Waals surface area contributed by atoms with Crippen molar-refractivity contribution in [1.29, 1.82) is 0 Å². The standard InChI is InChI=1S/C19H26O4S/c1-3-5-8-16-11-13-17(14-12-16)22-18-9-6-7-10-19(18)23-24(20,21)15-4-2/h2,11-14,18-19H,3,5-10,15H2,1H3. The predicted octanol–water partition coefficient (Wildman–Crippen LogP) is 3.70. The molecule has 1 fully saturated rings. The Hall–Kier alpha value is -1.51. The average Bonchev–Trinajstić information content (AvgIpc) is 2.55. The highest BCUT2D eigenvalue weighted by molar-refractivity contribution is 7.86. The molecule has 0 N–H and O–H groups in total. The summed E-state index contributed by atoms with van der Waals surface area (Å²) in [6, 6.07) is 8.04. The Morgan fingerprint density at radius 3 is 2.46 bits per heavy atom. The number of terminal acetylenes is 1. The van der Waals surface area contributed by atoms with E-state index in [9.17, 15) is 8.42 Å². The lowest BCUT2D eigenvalue weighted by atomic mass is 9.95. The molecule has 0 aromatic heterocycles. The third-order valence-electron chi connectivity index (χ3n) is 4.20. The molecule has 0 saturated heterocycles. The van der Waals surface area contributed by atoms with Gasteiger partial charge < -0.3 is 4.74 Å². The maximum Gasteiger partial charge on any atom is 0.279 e. The quantitative estimate of drug-likeness (QED) is 0.530. The van der Waals surface area contributed by atoms with E-state index in [4.69, 9.17) is 15.3 Å². The van der Waals surface area contributed by atoms with E-state index in [0.29, 0.717) is 6.42 Å². The molecule has 24 heavy (non-hydrogen) atoms. The zero-order valence-electron chi connectivity index (χ0n) is 14.2. The summed E-state index contributed by atoms with van der Waals surface area (Å²) < 4.78 is 34.9. The molecule has 1 aromatic rings. The molecule has 0 radical (unpaired) electrons. The van der Waals surface area contributed by atoms with Crippen LogP contribution >= 0.6 is 0 Å². The van der Waals surface area contributed by atoms with Crippen LogP contribution in [0.1, 0.15) is 51.0 Å². The normalized spacial score (nSPS) is 21.2. The number of aryl methyl sites for hydroxylation is 1. The Balaban J connectivity index is 1.99. The molecule has 0 bridgehead atoms. The summed E-state index contributed by atoms with van der Waals surface area (Å²) in [5.74, 6) is 2.49. The Morgan fingerprint density at radius 1 is 1.17 bits per heavy atom. The van der Waals surface area contributed by atoms with Gasteiger partial charge in [0.05, 0.1) is 0 Å². The van der Waals surface area contributed by atoms with Crippen molar-refractivity contribution < 1.29 is 17.3 Å². The molecule has 1 aromatic carbocycles. The lowest BCUT2D eigenvalue weighted by molar-refractivity contribution is 0.0274. The lowest BCUT2D eigenvalue weighted by Crippen LogP contribution is -2.38. The third kappa shape index (κ3) is 5.85. The molecule has 2 atom stereocenters. The Bertz CT molecular complexity index is 643. The molecule has 132 valence electrons. The Kier molecular flexibility index (Phi) is 7.14. The van der Waals surface area contributed by atoms with Crippen LogP contribution in [0.15, 0.2) is 24.3 Å². The van der Waals surface area contributed by atoms with Gasteiger partial charge in [0.15, 0.2) is 0 Å². The second-order valence-corrected chi connectivity index (χ2v) is 7.83. The Labute approximate surface area is 145 Å². The Morgan fingerprint density at radius 2 is 1.83 bits per heavy atom. The molecule has 0 aliphatic heterocycles. The second-order valence-electron chi connectivity index (χ2n) is 6.23. The fourth-order valence-corrected chi connectivity index (χ4v) is 3.79. The van der Waals surface area contributed by atoms with Crippen molar-refractivity contribution >= 4 is 10.1 Å². The fraction of sp³-hybridized carbons (Fsp3) is 0.579. The lowest BCUT2D eigenvalue weighted by Gasteiger charge is -2.31. The van der Waals surface area contributed by atoms with Crippen LogP contribution in [0.4, 0.5) is 0 Å². The molecule has 0 heterocycles. The van der Waals surface area contributed by atoms with Gasteiger partial charge in [-0.2, -0.15) is 8.42 Å². The second kappa shape index (κ2) is 9.10. The molecule has 1 aliphatic carbocycles. The molecular formula is C19H26O4S. The molecule has 2 unspecified atom stereocenters. The summed E-state index contributed by atoms with van der Waals surface area (Å²) >= 11 is 0. The molecule has 5 heteroatoms. The maximum atomic E-state index is 11.8. The maximum absolute atomic E-state index is 11.8. The first-order valence-corrected chi connectivity index (χ1v) is 10.2. The first kappa shape index (κ1) is 18.8. The van der Waals surface area contributed by atoms with Crippen molar-refractivity contribution in [2.24, 2.45) is 0 Å². The summed E-state index contributed by atoms with van der Waals surface area (Å²) in [6.07, 6.45) is 11.2. The van der Waals surface area contributed by atoms with E-state index < -0.39 is 22.0 Å². The third-order valence-corrected chi connectivity index (χ3v) is 5.26. The molecular weight excluding hydrogens is 324 g/mol. The minimum absolute atomic E-state index is 0.257. The van der Waals surface area contributed by atoms with Gasteiger partial charge in [0.2, 0.25) is 0 Å². The van der Waals surface area contributed by atoms with Gasteiger partial charge in [0, 0.05) is 0 Å². The molecule has 0 amide bonds. The van der Waals surface area contributed by atoms with Crippen molar-refractivity contribution in [2.45, 2.75) is 64.1 Å². The number of benzene rings is 1. The average molecular weight is 350 g/mol. The molecule has 4 nitrogen and oxygen atoms in total. The van der Waals surface area contributed by atoms with Gasteiger partial charge in [-0.3, -0.25) is 4.18 Å². The monoisotopic (exact) mass is 350 g/mol. The smallest absolute Gasteiger partial charge is 0.279 e. The summed E-state index contributed by atoms with van der Waals surface area (Å²) in [5.41, 5.74) is 1.29. The van der Waals surface area contributed by atoms with Crippen LogP contribution in [-0.4, -0.2) is 26.4 Å².